The van der Waals surface area contributed by atoms with E-state index in [1.165, 1.54) is 12.3 Å². The van der Waals surface area contributed by atoms with Crippen molar-refractivity contribution in [2.24, 2.45) is 5.41 Å². The molecule has 5 nitrogen and oxygen atoms in total. The number of hydrogen-bond acceptors (Lipinski definition) is 4. The van der Waals surface area contributed by atoms with E-state index in [1.54, 1.807) is 44.4 Å². The van der Waals surface area contributed by atoms with Gasteiger partial charge in [-0.15, -0.1) is 0 Å². The molecule has 38 heavy (non-hydrogen) atoms. The Labute approximate surface area is 226 Å². The molecule has 0 spiro atoms. The van der Waals surface area contributed by atoms with Gasteiger partial charge in [-0.2, -0.15) is 0 Å². The molecule has 3 aromatic rings. The van der Waals surface area contributed by atoms with Crippen LogP contribution in [-0.4, -0.2) is 47.7 Å². The molecular weight excluding hydrogens is 510 g/mol. The number of alkyl halides is 1. The Balaban J connectivity index is 1.42. The van der Waals surface area contributed by atoms with Crippen molar-refractivity contribution in [2.75, 3.05) is 26.7 Å². The number of fused-ring (bicyclic) bond motifs is 1. The lowest BCUT2D eigenvalue weighted by Gasteiger charge is -2.41. The van der Waals surface area contributed by atoms with Crippen LogP contribution in [0.15, 0.2) is 42.6 Å². The first-order chi connectivity index (χ1) is 18.2. The summed E-state index contributed by atoms with van der Waals surface area (Å²) in [5.41, 5.74) is 1.68. The number of pyridine rings is 1. The molecule has 1 atom stereocenters. The van der Waals surface area contributed by atoms with Crippen LogP contribution in [0.5, 0.6) is 5.75 Å². The molecule has 2 heterocycles. The average molecular weight is 541 g/mol. The number of aliphatic carboxylic acids is 1. The van der Waals surface area contributed by atoms with Crippen molar-refractivity contribution in [3.8, 4) is 17.6 Å². The number of rotatable bonds is 8. The Bertz CT molecular complexity index is 1380. The van der Waals surface area contributed by atoms with Crippen LogP contribution in [0.25, 0.3) is 10.9 Å². The molecule has 0 amide bonds. The van der Waals surface area contributed by atoms with Gasteiger partial charge in [-0.1, -0.05) is 29.5 Å². The Morgan fingerprint density at radius 3 is 2.71 bits per heavy atom. The van der Waals surface area contributed by atoms with Crippen molar-refractivity contribution < 1.29 is 23.4 Å². The highest BCUT2D eigenvalue weighted by molar-refractivity contribution is 6.32. The molecule has 8 heteroatoms. The maximum Gasteiger partial charge on any atom is 0.303 e. The molecule has 1 saturated heterocycles. The molecule has 1 N–H and O–H groups in total. The number of carbonyl (C=O) groups is 1. The van der Waals surface area contributed by atoms with E-state index in [9.17, 15) is 14.3 Å². The lowest BCUT2D eigenvalue weighted by molar-refractivity contribution is -0.141. The smallest absolute Gasteiger partial charge is 0.303 e. The maximum absolute atomic E-state index is 15.7. The van der Waals surface area contributed by atoms with E-state index in [1.807, 2.05) is 0 Å². The number of hydrogen-bond donors (Lipinski definition) is 1. The second kappa shape index (κ2) is 12.1. The van der Waals surface area contributed by atoms with E-state index in [0.717, 1.165) is 0 Å². The summed E-state index contributed by atoms with van der Waals surface area (Å²) in [4.78, 5) is 18.2. The van der Waals surface area contributed by atoms with Crippen LogP contribution in [0.2, 0.25) is 5.02 Å². The van der Waals surface area contributed by atoms with Crippen LogP contribution in [0.3, 0.4) is 0 Å². The molecule has 2 aromatic carbocycles. The number of carboxylic acid groups (broad SMARTS) is 1. The first-order valence-electron chi connectivity index (χ1n) is 12.6. The largest absolute Gasteiger partial charge is 0.497 e. The summed E-state index contributed by atoms with van der Waals surface area (Å²) in [7, 11) is 1.54. The van der Waals surface area contributed by atoms with Gasteiger partial charge in [-0.05, 0) is 87.0 Å². The Morgan fingerprint density at radius 2 is 2.03 bits per heavy atom. The fourth-order valence-electron chi connectivity index (χ4n) is 5.14. The molecule has 0 bridgehead atoms. The number of ether oxygens (including phenoxy) is 1. The number of carboxylic acids is 1. The van der Waals surface area contributed by atoms with Crippen molar-refractivity contribution in [3.05, 3.63) is 70.1 Å². The topological polar surface area (TPSA) is 62.7 Å². The zero-order chi connectivity index (χ0) is 27.3. The summed E-state index contributed by atoms with van der Waals surface area (Å²) >= 11 is 6.38. The number of likely N-dealkylation sites (tertiary alicyclic amines) is 1. The summed E-state index contributed by atoms with van der Waals surface area (Å²) in [5, 5.41) is 10.5. The molecule has 200 valence electrons. The van der Waals surface area contributed by atoms with Crippen LogP contribution in [0.4, 0.5) is 8.78 Å². The second-order valence-corrected chi connectivity index (χ2v) is 10.4. The number of nitrogens with zero attached hydrogens (tertiary/aromatic N) is 2. The van der Waals surface area contributed by atoms with Crippen LogP contribution in [0, 0.1) is 30.0 Å². The standard InChI is InChI=1S/C30H31ClF2N2O3/c1-20-5-6-21(16-26(20)33)4-3-13-35-14-11-30(12-15-35,18-28(36)37)10-9-25(32)29-23-17-22(38-2)7-8-27(23)34-19-24(29)31/h5-8,16-17,19,25H,9-15,18H2,1-2H3,(H,36,37). The number of halogens is 3. The van der Waals surface area contributed by atoms with Crippen molar-refractivity contribution in [3.63, 3.8) is 0 Å². The molecule has 0 saturated carbocycles. The monoisotopic (exact) mass is 540 g/mol. The van der Waals surface area contributed by atoms with Crippen molar-refractivity contribution in [2.45, 2.75) is 45.2 Å². The lowest BCUT2D eigenvalue weighted by atomic mass is 9.71. The van der Waals surface area contributed by atoms with Crippen LogP contribution in [0.1, 0.15) is 55.0 Å². The van der Waals surface area contributed by atoms with Crippen molar-refractivity contribution in [1.29, 1.82) is 0 Å². The quantitative estimate of drug-likeness (QED) is 0.320. The molecule has 1 aliphatic heterocycles. The predicted octanol–water partition coefficient (Wildman–Crippen LogP) is 6.74. The van der Waals surface area contributed by atoms with Gasteiger partial charge >= 0.3 is 5.97 Å². The zero-order valence-electron chi connectivity index (χ0n) is 21.6. The third-order valence-corrected chi connectivity index (χ3v) is 7.76. The van der Waals surface area contributed by atoms with Crippen molar-refractivity contribution >= 4 is 28.5 Å². The minimum Gasteiger partial charge on any atom is -0.497 e. The van der Waals surface area contributed by atoms with Gasteiger partial charge in [0.05, 0.1) is 30.6 Å². The number of aryl methyl sites for hydroxylation is 1. The highest BCUT2D eigenvalue weighted by Crippen LogP contribution is 2.44. The van der Waals surface area contributed by atoms with E-state index in [-0.39, 0.29) is 23.7 Å². The molecule has 0 radical (unpaired) electrons. The average Bonchev–Trinajstić information content (AvgIpc) is 2.90. The minimum absolute atomic E-state index is 0.0134. The summed E-state index contributed by atoms with van der Waals surface area (Å²) < 4.78 is 34.8. The molecule has 4 rings (SSSR count). The van der Waals surface area contributed by atoms with Gasteiger partial charge in [0.2, 0.25) is 0 Å². The highest BCUT2D eigenvalue weighted by Gasteiger charge is 2.37. The van der Waals surface area contributed by atoms with Crippen LogP contribution in [-0.2, 0) is 4.79 Å². The zero-order valence-corrected chi connectivity index (χ0v) is 22.3. The van der Waals surface area contributed by atoms with E-state index < -0.39 is 17.6 Å². The van der Waals surface area contributed by atoms with Gasteiger partial charge in [-0.3, -0.25) is 14.7 Å². The van der Waals surface area contributed by atoms with E-state index >= 15 is 4.39 Å². The van der Waals surface area contributed by atoms with E-state index in [0.29, 0.717) is 72.2 Å². The first kappa shape index (κ1) is 27.8. The highest BCUT2D eigenvalue weighted by atomic mass is 35.5. The lowest BCUT2D eigenvalue weighted by Crippen LogP contribution is -2.41. The Morgan fingerprint density at radius 1 is 1.26 bits per heavy atom. The summed E-state index contributed by atoms with van der Waals surface area (Å²) in [6.45, 7) is 3.54. The van der Waals surface area contributed by atoms with Crippen molar-refractivity contribution in [1.82, 2.24) is 9.88 Å². The molecule has 0 aliphatic carbocycles. The van der Waals surface area contributed by atoms with Crippen LogP contribution >= 0.6 is 11.6 Å². The van der Waals surface area contributed by atoms with E-state index in [2.05, 4.69) is 21.7 Å². The fraction of sp³-hybridized carbons (Fsp3) is 0.400. The number of piperidine rings is 1. The summed E-state index contributed by atoms with van der Waals surface area (Å²) in [6, 6.07) is 10.2. The molecule has 1 fully saturated rings. The molecule has 1 unspecified atom stereocenters. The second-order valence-electron chi connectivity index (χ2n) is 10.0. The minimum atomic E-state index is -1.37. The van der Waals surface area contributed by atoms with Gasteiger partial charge < -0.3 is 9.84 Å². The number of benzene rings is 2. The third kappa shape index (κ3) is 6.61. The molecule has 1 aromatic heterocycles. The maximum atomic E-state index is 15.7. The van der Waals surface area contributed by atoms with Gasteiger partial charge in [0.1, 0.15) is 17.7 Å². The molecular formula is C30H31ClF2N2O3. The first-order valence-corrected chi connectivity index (χ1v) is 13.0. The normalized spacial score (nSPS) is 16.0. The van der Waals surface area contributed by atoms with Gasteiger partial charge in [0, 0.05) is 22.7 Å². The Kier molecular flexibility index (Phi) is 8.86. The summed E-state index contributed by atoms with van der Waals surface area (Å²) in [5.74, 6) is 5.51. The predicted molar refractivity (Wildman–Crippen MR) is 145 cm³/mol. The molecule has 1 aliphatic rings. The van der Waals surface area contributed by atoms with Crippen LogP contribution < -0.4 is 4.74 Å². The van der Waals surface area contributed by atoms with Gasteiger partial charge in [0.15, 0.2) is 0 Å². The number of methoxy groups -OCH3 is 1. The fourth-order valence-corrected chi connectivity index (χ4v) is 5.40. The van der Waals surface area contributed by atoms with Gasteiger partial charge in [0.25, 0.3) is 0 Å². The SMILES string of the molecule is COc1ccc2ncc(Cl)c(C(F)CCC3(CC(=O)O)CCN(CC#Cc4ccc(C)c(F)c4)CC3)c2c1. The van der Waals surface area contributed by atoms with E-state index in [4.69, 9.17) is 16.3 Å². The van der Waals surface area contributed by atoms with Gasteiger partial charge in [-0.25, -0.2) is 8.78 Å². The number of aromatic nitrogens is 1. The third-order valence-electron chi connectivity index (χ3n) is 7.46. The summed E-state index contributed by atoms with van der Waals surface area (Å²) in [6.07, 6.45) is 1.91. The Hall–Kier alpha value is -3.21.